The largest absolute Gasteiger partial charge is 0.322 e. The fourth-order valence-corrected chi connectivity index (χ4v) is 3.11. The van der Waals surface area contributed by atoms with E-state index in [2.05, 4.69) is 15.4 Å². The number of H-pyrrole nitrogens is 1. The first-order chi connectivity index (χ1) is 11.6. The van der Waals surface area contributed by atoms with Crippen molar-refractivity contribution in [2.45, 2.75) is 32.2 Å². The summed E-state index contributed by atoms with van der Waals surface area (Å²) in [5.41, 5.74) is 2.80. The van der Waals surface area contributed by atoms with E-state index >= 15 is 0 Å². The van der Waals surface area contributed by atoms with E-state index in [1.165, 1.54) is 6.42 Å². The molecule has 0 atom stereocenters. The number of carbonyl (C=O) groups is 1. The molecule has 6 nitrogen and oxygen atoms in total. The quantitative estimate of drug-likeness (QED) is 0.778. The molecule has 2 aromatic heterocycles. The lowest BCUT2D eigenvalue weighted by atomic mass is 9.93. The van der Waals surface area contributed by atoms with Gasteiger partial charge < -0.3 is 10.3 Å². The van der Waals surface area contributed by atoms with Crippen molar-refractivity contribution in [1.29, 1.82) is 0 Å². The molecular formula is C18H18N4O2. The van der Waals surface area contributed by atoms with E-state index in [0.717, 1.165) is 29.3 Å². The van der Waals surface area contributed by atoms with Gasteiger partial charge in [-0.15, -0.1) is 0 Å². The van der Waals surface area contributed by atoms with Crippen LogP contribution >= 0.6 is 0 Å². The van der Waals surface area contributed by atoms with Crippen LogP contribution in [0.15, 0.2) is 41.3 Å². The van der Waals surface area contributed by atoms with Crippen molar-refractivity contribution in [3.05, 3.63) is 58.1 Å². The molecule has 6 heteroatoms. The van der Waals surface area contributed by atoms with Gasteiger partial charge in [0.1, 0.15) is 5.69 Å². The SMILES string of the molecule is Cc1cc(=O)[nH]c2ccc(NC(=O)c3ccnn3C3CCC3)cc12. The number of benzene rings is 1. The highest BCUT2D eigenvalue weighted by Gasteiger charge is 2.24. The van der Waals surface area contributed by atoms with Gasteiger partial charge in [-0.3, -0.25) is 14.3 Å². The summed E-state index contributed by atoms with van der Waals surface area (Å²) in [5.74, 6) is -0.166. The van der Waals surface area contributed by atoms with Crippen molar-refractivity contribution in [1.82, 2.24) is 14.8 Å². The second-order valence-corrected chi connectivity index (χ2v) is 6.28. The maximum Gasteiger partial charge on any atom is 0.273 e. The van der Waals surface area contributed by atoms with Crippen LogP contribution in [0.5, 0.6) is 0 Å². The molecule has 0 bridgehead atoms. The molecule has 1 aromatic carbocycles. The lowest BCUT2D eigenvalue weighted by molar-refractivity contribution is 0.100. The molecule has 0 aliphatic heterocycles. The highest BCUT2D eigenvalue weighted by molar-refractivity contribution is 6.04. The molecule has 0 unspecified atom stereocenters. The minimum Gasteiger partial charge on any atom is -0.322 e. The Hall–Kier alpha value is -2.89. The minimum absolute atomic E-state index is 0.124. The molecule has 0 spiro atoms. The minimum atomic E-state index is -0.166. The summed E-state index contributed by atoms with van der Waals surface area (Å²) < 4.78 is 1.82. The predicted octanol–water partition coefficient (Wildman–Crippen LogP) is 3.01. The average Bonchev–Trinajstić information content (AvgIpc) is 2.95. The highest BCUT2D eigenvalue weighted by atomic mass is 16.2. The molecule has 2 N–H and O–H groups in total. The topological polar surface area (TPSA) is 79.8 Å². The number of carbonyl (C=O) groups excluding carboxylic acids is 1. The van der Waals surface area contributed by atoms with Gasteiger partial charge in [-0.25, -0.2) is 0 Å². The molecule has 1 aliphatic rings. The van der Waals surface area contributed by atoms with E-state index in [4.69, 9.17) is 0 Å². The number of fused-ring (bicyclic) bond motifs is 1. The molecule has 1 fully saturated rings. The monoisotopic (exact) mass is 322 g/mol. The summed E-state index contributed by atoms with van der Waals surface area (Å²) in [6.07, 6.45) is 5.01. The molecule has 1 amide bonds. The summed E-state index contributed by atoms with van der Waals surface area (Å²) in [4.78, 5) is 26.9. The van der Waals surface area contributed by atoms with Gasteiger partial charge in [-0.05, 0) is 56.0 Å². The number of anilines is 1. The van der Waals surface area contributed by atoms with Crippen molar-refractivity contribution in [3.8, 4) is 0 Å². The number of hydrogen-bond donors (Lipinski definition) is 2. The van der Waals surface area contributed by atoms with Gasteiger partial charge in [-0.1, -0.05) is 0 Å². The van der Waals surface area contributed by atoms with Crippen molar-refractivity contribution >= 4 is 22.5 Å². The van der Waals surface area contributed by atoms with Crippen LogP contribution in [-0.4, -0.2) is 20.7 Å². The van der Waals surface area contributed by atoms with E-state index in [0.29, 0.717) is 17.4 Å². The normalized spacial score (nSPS) is 14.5. The van der Waals surface area contributed by atoms with E-state index in [9.17, 15) is 9.59 Å². The van der Waals surface area contributed by atoms with Crippen LogP contribution in [0.25, 0.3) is 10.9 Å². The lowest BCUT2D eigenvalue weighted by Gasteiger charge is -2.27. The number of hydrogen-bond acceptors (Lipinski definition) is 3. The fourth-order valence-electron chi connectivity index (χ4n) is 3.11. The average molecular weight is 322 g/mol. The number of nitrogens with zero attached hydrogens (tertiary/aromatic N) is 2. The molecule has 1 saturated carbocycles. The molecule has 122 valence electrons. The van der Waals surface area contributed by atoms with Crippen LogP contribution in [0.4, 0.5) is 5.69 Å². The Bertz CT molecular complexity index is 982. The number of aryl methyl sites for hydroxylation is 1. The first-order valence-electron chi connectivity index (χ1n) is 8.10. The van der Waals surface area contributed by atoms with Gasteiger partial charge in [-0.2, -0.15) is 5.10 Å². The number of aromatic nitrogens is 3. The second-order valence-electron chi connectivity index (χ2n) is 6.28. The van der Waals surface area contributed by atoms with Crippen LogP contribution < -0.4 is 10.9 Å². The second kappa shape index (κ2) is 5.63. The third-order valence-corrected chi connectivity index (χ3v) is 4.63. The van der Waals surface area contributed by atoms with Crippen LogP contribution in [0.1, 0.15) is 41.4 Å². The van der Waals surface area contributed by atoms with Crippen molar-refractivity contribution < 1.29 is 4.79 Å². The van der Waals surface area contributed by atoms with Crippen molar-refractivity contribution in [2.75, 3.05) is 5.32 Å². The Kier molecular flexibility index (Phi) is 3.45. The first-order valence-corrected chi connectivity index (χ1v) is 8.10. The highest BCUT2D eigenvalue weighted by Crippen LogP contribution is 2.32. The number of amides is 1. The molecule has 3 aromatic rings. The molecule has 2 heterocycles. The molecule has 4 rings (SSSR count). The molecule has 0 radical (unpaired) electrons. The summed E-state index contributed by atoms with van der Waals surface area (Å²) in [5, 5.41) is 8.14. The van der Waals surface area contributed by atoms with Crippen molar-refractivity contribution in [3.63, 3.8) is 0 Å². The maximum atomic E-state index is 12.6. The molecular weight excluding hydrogens is 304 g/mol. The van der Waals surface area contributed by atoms with Crippen LogP contribution in [0.2, 0.25) is 0 Å². The Morgan fingerprint density at radius 2 is 2.12 bits per heavy atom. The number of aromatic amines is 1. The van der Waals surface area contributed by atoms with Crippen LogP contribution in [0, 0.1) is 6.92 Å². The Balaban J connectivity index is 1.63. The summed E-state index contributed by atoms with van der Waals surface area (Å²) in [7, 11) is 0. The number of nitrogens with one attached hydrogen (secondary N) is 2. The molecule has 0 saturated heterocycles. The number of rotatable bonds is 3. The van der Waals surface area contributed by atoms with Gasteiger partial charge in [0.25, 0.3) is 5.91 Å². The van der Waals surface area contributed by atoms with Gasteiger partial charge in [0.05, 0.1) is 6.04 Å². The zero-order chi connectivity index (χ0) is 16.7. The predicted molar refractivity (Wildman–Crippen MR) is 92.4 cm³/mol. The third kappa shape index (κ3) is 2.50. The van der Waals surface area contributed by atoms with E-state index in [1.807, 2.05) is 23.7 Å². The van der Waals surface area contributed by atoms with Crippen molar-refractivity contribution in [2.24, 2.45) is 0 Å². The third-order valence-electron chi connectivity index (χ3n) is 4.63. The molecule has 1 aliphatic carbocycles. The van der Waals surface area contributed by atoms with Gasteiger partial charge in [0.15, 0.2) is 0 Å². The van der Waals surface area contributed by atoms with Gasteiger partial charge in [0, 0.05) is 28.9 Å². The smallest absolute Gasteiger partial charge is 0.273 e. The van der Waals surface area contributed by atoms with Gasteiger partial charge in [0.2, 0.25) is 5.56 Å². The Morgan fingerprint density at radius 3 is 2.88 bits per heavy atom. The summed E-state index contributed by atoms with van der Waals surface area (Å²) >= 11 is 0. The summed E-state index contributed by atoms with van der Waals surface area (Å²) in [6.45, 7) is 1.88. The van der Waals surface area contributed by atoms with E-state index in [-0.39, 0.29) is 11.5 Å². The Labute approximate surface area is 138 Å². The zero-order valence-electron chi connectivity index (χ0n) is 13.4. The summed E-state index contributed by atoms with van der Waals surface area (Å²) in [6, 6.07) is 9.12. The Morgan fingerprint density at radius 1 is 1.29 bits per heavy atom. The molecule has 24 heavy (non-hydrogen) atoms. The van der Waals surface area contributed by atoms with Gasteiger partial charge >= 0.3 is 0 Å². The lowest BCUT2D eigenvalue weighted by Crippen LogP contribution is -2.24. The number of pyridine rings is 1. The van der Waals surface area contributed by atoms with Crippen LogP contribution in [0.3, 0.4) is 0 Å². The van der Waals surface area contributed by atoms with E-state index in [1.54, 1.807) is 24.4 Å². The maximum absolute atomic E-state index is 12.6. The van der Waals surface area contributed by atoms with Crippen LogP contribution in [-0.2, 0) is 0 Å². The zero-order valence-corrected chi connectivity index (χ0v) is 13.4. The fraction of sp³-hybridized carbons (Fsp3) is 0.278. The first kappa shape index (κ1) is 14.7. The van der Waals surface area contributed by atoms with E-state index < -0.39 is 0 Å². The standard InChI is InChI=1S/C18H18N4O2/c1-11-9-17(23)21-15-6-5-12(10-14(11)15)20-18(24)16-7-8-19-22(16)13-3-2-4-13/h5-10,13H,2-4H2,1H3,(H,20,24)(H,21,23).